The van der Waals surface area contributed by atoms with E-state index in [1.54, 1.807) is 26.2 Å². The van der Waals surface area contributed by atoms with Crippen LogP contribution in [0.2, 0.25) is 0 Å². The molecule has 1 aliphatic carbocycles. The number of hydrogen-bond donors (Lipinski definition) is 3. The number of rotatable bonds is 17. The molecule has 4 aromatic carbocycles. The lowest BCUT2D eigenvalue weighted by Gasteiger charge is -2.21. The van der Waals surface area contributed by atoms with Gasteiger partial charge in [0.1, 0.15) is 11.4 Å². The van der Waals surface area contributed by atoms with Crippen molar-refractivity contribution in [1.29, 1.82) is 0 Å². The Morgan fingerprint density at radius 3 is 2.34 bits per heavy atom. The number of nitro groups is 1. The molecule has 3 amide bonds. The molecule has 53 heavy (non-hydrogen) atoms. The quantitative estimate of drug-likeness (QED) is 0.0693. The van der Waals surface area contributed by atoms with Gasteiger partial charge in [-0.15, -0.1) is 11.8 Å². The van der Waals surface area contributed by atoms with Gasteiger partial charge < -0.3 is 20.3 Å². The van der Waals surface area contributed by atoms with Crippen LogP contribution in [0, 0.1) is 10.1 Å². The molecule has 0 aliphatic heterocycles. The lowest BCUT2D eigenvalue weighted by Crippen LogP contribution is -2.32. The Balaban J connectivity index is 1.27. The average Bonchev–Trinajstić information content (AvgIpc) is 3.97. The Hall–Kier alpha value is -5.41. The molecular formula is C38H41N5O8S2. The fraction of sp³-hybridized carbons (Fsp3) is 0.289. The molecule has 15 heteroatoms. The smallest absolute Gasteiger partial charge is 0.293 e. The molecular weight excluding hydrogens is 719 g/mol. The van der Waals surface area contributed by atoms with Crippen LogP contribution in [-0.2, 0) is 26.0 Å². The summed E-state index contributed by atoms with van der Waals surface area (Å²) in [7, 11) is 0.250. The molecule has 0 saturated heterocycles. The van der Waals surface area contributed by atoms with E-state index in [2.05, 4.69) is 10.6 Å². The van der Waals surface area contributed by atoms with Gasteiger partial charge in [0.25, 0.3) is 21.6 Å². The summed E-state index contributed by atoms with van der Waals surface area (Å²) < 4.78 is 34.2. The summed E-state index contributed by atoms with van der Waals surface area (Å²) in [5.41, 5.74) is 1.94. The second-order valence-electron chi connectivity index (χ2n) is 12.8. The Kier molecular flexibility index (Phi) is 12.7. The normalized spacial score (nSPS) is 13.0. The van der Waals surface area contributed by atoms with Crippen LogP contribution in [-0.4, -0.2) is 75.0 Å². The van der Waals surface area contributed by atoms with Crippen molar-refractivity contribution in [2.45, 2.75) is 54.0 Å². The molecule has 1 atom stereocenters. The third-order valence-corrected chi connectivity index (χ3v) is 11.0. The molecule has 0 bridgehead atoms. The van der Waals surface area contributed by atoms with Crippen LogP contribution in [0.1, 0.15) is 41.6 Å². The SMILES string of the molecule is COc1cc(CCC(=O)NC2CC2)ccc1-c1ccc(C(=O)NS(=O)(=O)c2ccc(N[C@@H](CSc3ccccc3)CC(=O)N(C)C)c([N+](=O)[O-])c2)cc1. The number of carbonyl (C=O) groups excluding carboxylic acids is 3. The van der Waals surface area contributed by atoms with Crippen LogP contribution in [0.25, 0.3) is 11.1 Å². The van der Waals surface area contributed by atoms with Crippen LogP contribution in [0.15, 0.2) is 101 Å². The van der Waals surface area contributed by atoms with Gasteiger partial charge in [-0.25, -0.2) is 13.1 Å². The van der Waals surface area contributed by atoms with Gasteiger partial charge in [-0.3, -0.25) is 24.5 Å². The van der Waals surface area contributed by atoms with Crippen molar-refractivity contribution in [2.75, 3.05) is 32.3 Å². The number of aryl methyl sites for hydroxylation is 1. The van der Waals surface area contributed by atoms with Crippen LogP contribution in [0.3, 0.4) is 0 Å². The molecule has 1 aliphatic rings. The molecule has 1 fully saturated rings. The maximum atomic E-state index is 13.3. The lowest BCUT2D eigenvalue weighted by molar-refractivity contribution is -0.384. The van der Waals surface area contributed by atoms with E-state index in [9.17, 15) is 32.9 Å². The van der Waals surface area contributed by atoms with Gasteiger partial charge in [-0.2, -0.15) is 0 Å². The zero-order valence-electron chi connectivity index (χ0n) is 29.5. The summed E-state index contributed by atoms with van der Waals surface area (Å²) >= 11 is 1.47. The van der Waals surface area contributed by atoms with Crippen molar-refractivity contribution >= 4 is 50.9 Å². The second kappa shape index (κ2) is 17.4. The number of nitrogens with one attached hydrogen (secondary N) is 3. The van der Waals surface area contributed by atoms with Crippen molar-refractivity contribution < 1.29 is 32.5 Å². The van der Waals surface area contributed by atoms with Gasteiger partial charge in [0.05, 0.1) is 16.9 Å². The lowest BCUT2D eigenvalue weighted by atomic mass is 9.99. The minimum absolute atomic E-state index is 0.0196. The monoisotopic (exact) mass is 759 g/mol. The first-order valence-corrected chi connectivity index (χ1v) is 19.4. The highest BCUT2D eigenvalue weighted by Crippen LogP contribution is 2.33. The number of hydrogen-bond acceptors (Lipinski definition) is 10. The molecule has 0 radical (unpaired) electrons. The molecule has 0 spiro atoms. The molecule has 0 aromatic heterocycles. The summed E-state index contributed by atoms with van der Waals surface area (Å²) in [4.78, 5) is 51.1. The van der Waals surface area contributed by atoms with E-state index in [1.807, 2.05) is 53.3 Å². The molecule has 0 heterocycles. The van der Waals surface area contributed by atoms with E-state index in [0.29, 0.717) is 35.9 Å². The van der Waals surface area contributed by atoms with Crippen molar-refractivity contribution in [3.05, 3.63) is 112 Å². The third kappa shape index (κ3) is 10.8. The molecule has 278 valence electrons. The largest absolute Gasteiger partial charge is 0.496 e. The highest BCUT2D eigenvalue weighted by molar-refractivity contribution is 7.99. The topological polar surface area (TPSA) is 177 Å². The molecule has 5 rings (SSSR count). The predicted molar refractivity (Wildman–Crippen MR) is 204 cm³/mol. The van der Waals surface area contributed by atoms with E-state index in [4.69, 9.17) is 4.74 Å². The van der Waals surface area contributed by atoms with Crippen LogP contribution >= 0.6 is 11.8 Å². The summed E-state index contributed by atoms with van der Waals surface area (Å²) in [5, 5.41) is 18.2. The van der Waals surface area contributed by atoms with E-state index < -0.39 is 37.5 Å². The average molecular weight is 760 g/mol. The van der Waals surface area contributed by atoms with Gasteiger partial charge >= 0.3 is 0 Å². The van der Waals surface area contributed by atoms with E-state index in [-0.39, 0.29) is 29.5 Å². The number of ether oxygens (including phenoxy) is 1. The van der Waals surface area contributed by atoms with Gasteiger partial charge in [0, 0.05) is 66.9 Å². The minimum atomic E-state index is -4.52. The van der Waals surface area contributed by atoms with Crippen molar-refractivity contribution in [3.63, 3.8) is 0 Å². The zero-order valence-corrected chi connectivity index (χ0v) is 31.2. The fourth-order valence-electron chi connectivity index (χ4n) is 5.39. The minimum Gasteiger partial charge on any atom is -0.496 e. The van der Waals surface area contributed by atoms with Crippen molar-refractivity contribution in [2.24, 2.45) is 0 Å². The zero-order chi connectivity index (χ0) is 38.1. The number of nitrogens with zero attached hydrogens (tertiary/aromatic N) is 2. The van der Waals surface area contributed by atoms with Crippen LogP contribution < -0.4 is 20.1 Å². The third-order valence-electron chi connectivity index (χ3n) is 8.48. The van der Waals surface area contributed by atoms with E-state index in [0.717, 1.165) is 34.9 Å². The molecule has 1 saturated carbocycles. The van der Waals surface area contributed by atoms with Gasteiger partial charge in [-0.05, 0) is 72.9 Å². The van der Waals surface area contributed by atoms with Crippen molar-refractivity contribution in [1.82, 2.24) is 14.9 Å². The summed E-state index contributed by atoms with van der Waals surface area (Å²) in [6.07, 6.45) is 3.02. The maximum Gasteiger partial charge on any atom is 0.293 e. The molecule has 4 aromatic rings. The van der Waals surface area contributed by atoms with Gasteiger partial charge in [-0.1, -0.05) is 42.5 Å². The van der Waals surface area contributed by atoms with Gasteiger partial charge in [0.2, 0.25) is 11.8 Å². The maximum absolute atomic E-state index is 13.3. The van der Waals surface area contributed by atoms with Crippen LogP contribution in [0.5, 0.6) is 5.75 Å². The standard InChI is InChI=1S/C38H41N5O8S2/c1-42(2)37(45)22-29(24-52-30-7-5-4-6-8-30)39-33-19-17-31(23-34(33)43(47)48)53(49,50)41-38(46)27-13-11-26(12-14-27)32-18-9-25(21-35(32)51-3)10-20-36(44)40-28-15-16-28/h4-9,11-14,17-19,21,23,28-29,39H,10,15-16,20,22,24H2,1-3H3,(H,40,44)(H,41,46)/t29-/m1/s1. The summed E-state index contributed by atoms with van der Waals surface area (Å²) in [6.45, 7) is 0. The first-order valence-electron chi connectivity index (χ1n) is 16.9. The molecule has 13 nitrogen and oxygen atoms in total. The van der Waals surface area contributed by atoms with E-state index in [1.165, 1.54) is 48.0 Å². The highest BCUT2D eigenvalue weighted by Gasteiger charge is 2.26. The Morgan fingerprint density at radius 1 is 0.981 bits per heavy atom. The Bertz CT molecular complexity index is 2070. The van der Waals surface area contributed by atoms with Crippen molar-refractivity contribution in [3.8, 4) is 16.9 Å². The number of methoxy groups -OCH3 is 1. The second-order valence-corrected chi connectivity index (χ2v) is 15.6. The number of thioether (sulfide) groups is 1. The predicted octanol–water partition coefficient (Wildman–Crippen LogP) is 5.65. The number of benzene rings is 4. The van der Waals surface area contributed by atoms with E-state index >= 15 is 0 Å². The number of sulfonamides is 1. The number of amides is 3. The summed E-state index contributed by atoms with van der Waals surface area (Å²) in [5.74, 6) is -0.115. The first-order chi connectivity index (χ1) is 25.3. The number of carbonyl (C=O) groups is 3. The summed E-state index contributed by atoms with van der Waals surface area (Å²) in [6, 6.07) is 24.4. The molecule has 0 unspecified atom stereocenters. The Morgan fingerprint density at radius 2 is 1.70 bits per heavy atom. The first kappa shape index (κ1) is 38.8. The molecule has 3 N–H and O–H groups in total. The van der Waals surface area contributed by atoms with Gasteiger partial charge in [0.15, 0.2) is 0 Å². The number of anilines is 1. The fourth-order valence-corrected chi connectivity index (χ4v) is 7.32. The highest BCUT2D eigenvalue weighted by atomic mass is 32.2. The Labute approximate surface area is 312 Å². The van der Waals surface area contributed by atoms with Crippen LogP contribution in [0.4, 0.5) is 11.4 Å². The number of nitro benzene ring substituents is 1.